The van der Waals surface area contributed by atoms with Crippen LogP contribution in [0.2, 0.25) is 0 Å². The summed E-state index contributed by atoms with van der Waals surface area (Å²) in [5.74, 6) is 0.604. The van der Waals surface area contributed by atoms with Gasteiger partial charge in [0.05, 0.1) is 12.1 Å². The summed E-state index contributed by atoms with van der Waals surface area (Å²) in [6.07, 6.45) is 0.783. The average molecular weight is 248 g/mol. The Bertz CT molecular complexity index is 460. The molecular formula is C13H16N2O3. The molecule has 1 aromatic rings. The number of urea groups is 1. The van der Waals surface area contributed by atoms with Crippen LogP contribution in [0.5, 0.6) is 5.75 Å². The highest BCUT2D eigenvalue weighted by molar-refractivity contribution is 5.80. The van der Waals surface area contributed by atoms with Gasteiger partial charge in [-0.1, -0.05) is 12.1 Å². The largest absolute Gasteiger partial charge is 0.491 e. The van der Waals surface area contributed by atoms with E-state index < -0.39 is 0 Å². The van der Waals surface area contributed by atoms with Crippen LogP contribution in [-0.2, 0) is 0 Å². The third-order valence-electron chi connectivity index (χ3n) is 2.92. The maximum absolute atomic E-state index is 11.3. The summed E-state index contributed by atoms with van der Waals surface area (Å²) < 4.78 is 5.62. The second-order valence-electron chi connectivity index (χ2n) is 4.18. The van der Waals surface area contributed by atoms with Crippen LogP contribution in [0, 0.1) is 6.92 Å². The first-order valence-electron chi connectivity index (χ1n) is 5.92. The van der Waals surface area contributed by atoms with E-state index >= 15 is 0 Å². The number of carbonyl (C=O) groups is 2. The zero-order valence-electron chi connectivity index (χ0n) is 10.3. The molecule has 1 N–H and O–H groups in total. The molecule has 0 aromatic heterocycles. The highest BCUT2D eigenvalue weighted by Crippen LogP contribution is 2.21. The number of hydrogen-bond acceptors (Lipinski definition) is 3. The van der Waals surface area contributed by atoms with Gasteiger partial charge in [0.1, 0.15) is 12.4 Å². The number of amides is 2. The Labute approximate surface area is 106 Å². The highest BCUT2D eigenvalue weighted by atomic mass is 16.5. The van der Waals surface area contributed by atoms with Crippen LogP contribution in [0.15, 0.2) is 18.2 Å². The lowest BCUT2D eigenvalue weighted by Gasteiger charge is -2.16. The number of aryl methyl sites for hydroxylation is 1. The Kier molecular flexibility index (Phi) is 3.82. The molecule has 1 heterocycles. The number of nitrogens with zero attached hydrogens (tertiary/aromatic N) is 1. The van der Waals surface area contributed by atoms with E-state index in [1.165, 1.54) is 0 Å². The molecule has 0 bridgehead atoms. The van der Waals surface area contributed by atoms with Crippen molar-refractivity contribution in [1.29, 1.82) is 0 Å². The van der Waals surface area contributed by atoms with Gasteiger partial charge >= 0.3 is 6.03 Å². The molecule has 1 fully saturated rings. The summed E-state index contributed by atoms with van der Waals surface area (Å²) in [6, 6.07) is 5.38. The van der Waals surface area contributed by atoms with Crippen molar-refractivity contribution in [1.82, 2.24) is 10.2 Å². The van der Waals surface area contributed by atoms with E-state index in [2.05, 4.69) is 5.32 Å². The van der Waals surface area contributed by atoms with Gasteiger partial charge in [0.25, 0.3) is 0 Å². The molecule has 0 unspecified atom stereocenters. The fourth-order valence-electron chi connectivity index (χ4n) is 1.95. The van der Waals surface area contributed by atoms with Crippen LogP contribution in [0.3, 0.4) is 0 Å². The zero-order chi connectivity index (χ0) is 13.0. The first-order chi connectivity index (χ1) is 8.72. The van der Waals surface area contributed by atoms with Crippen molar-refractivity contribution >= 4 is 12.3 Å². The quantitative estimate of drug-likeness (QED) is 0.797. The molecular weight excluding hydrogens is 232 g/mol. The fraction of sp³-hybridized carbons (Fsp3) is 0.385. The number of para-hydroxylation sites is 1. The minimum Gasteiger partial charge on any atom is -0.491 e. The second-order valence-corrected chi connectivity index (χ2v) is 4.18. The first kappa shape index (κ1) is 12.4. The van der Waals surface area contributed by atoms with E-state index in [1.54, 1.807) is 11.0 Å². The topological polar surface area (TPSA) is 58.6 Å². The number of aldehydes is 1. The summed E-state index contributed by atoms with van der Waals surface area (Å²) in [4.78, 5) is 23.9. The van der Waals surface area contributed by atoms with Crippen molar-refractivity contribution in [3.63, 3.8) is 0 Å². The van der Waals surface area contributed by atoms with Crippen molar-refractivity contribution in [2.45, 2.75) is 6.92 Å². The highest BCUT2D eigenvalue weighted by Gasteiger charge is 2.19. The molecule has 5 nitrogen and oxygen atoms in total. The van der Waals surface area contributed by atoms with E-state index in [1.807, 2.05) is 19.1 Å². The Morgan fingerprint density at radius 1 is 1.50 bits per heavy atom. The predicted octanol–water partition coefficient (Wildman–Crippen LogP) is 1.21. The SMILES string of the molecule is Cc1cccc(C=O)c1OCCN1CCNC1=O. The third kappa shape index (κ3) is 2.61. The van der Waals surface area contributed by atoms with Crippen molar-refractivity contribution in [3.05, 3.63) is 29.3 Å². The molecule has 1 saturated heterocycles. The fourth-order valence-corrected chi connectivity index (χ4v) is 1.95. The minimum atomic E-state index is -0.0565. The van der Waals surface area contributed by atoms with Crippen molar-refractivity contribution < 1.29 is 14.3 Å². The second kappa shape index (κ2) is 5.53. The van der Waals surface area contributed by atoms with Gasteiger partial charge in [-0.2, -0.15) is 0 Å². The van der Waals surface area contributed by atoms with Crippen molar-refractivity contribution in [2.75, 3.05) is 26.2 Å². The van der Waals surface area contributed by atoms with E-state index in [9.17, 15) is 9.59 Å². The van der Waals surface area contributed by atoms with Crippen LogP contribution in [-0.4, -0.2) is 43.5 Å². The van der Waals surface area contributed by atoms with Gasteiger partial charge in [0.2, 0.25) is 0 Å². The Morgan fingerprint density at radius 2 is 2.33 bits per heavy atom. The average Bonchev–Trinajstić information content (AvgIpc) is 2.77. The normalized spacial score (nSPS) is 14.5. The Balaban J connectivity index is 1.94. The Morgan fingerprint density at radius 3 is 3.00 bits per heavy atom. The van der Waals surface area contributed by atoms with Gasteiger partial charge < -0.3 is 15.0 Å². The lowest BCUT2D eigenvalue weighted by molar-refractivity contribution is 0.111. The van der Waals surface area contributed by atoms with E-state index in [0.29, 0.717) is 37.6 Å². The summed E-state index contributed by atoms with van der Waals surface area (Å²) in [7, 11) is 0. The Hall–Kier alpha value is -2.04. The molecule has 18 heavy (non-hydrogen) atoms. The number of rotatable bonds is 5. The lowest BCUT2D eigenvalue weighted by Crippen LogP contribution is -2.32. The molecule has 0 atom stereocenters. The smallest absolute Gasteiger partial charge is 0.317 e. The zero-order valence-corrected chi connectivity index (χ0v) is 10.3. The van der Waals surface area contributed by atoms with Crippen molar-refractivity contribution in [3.8, 4) is 5.75 Å². The molecule has 0 aliphatic carbocycles. The lowest BCUT2D eigenvalue weighted by atomic mass is 10.1. The molecule has 1 aliphatic heterocycles. The van der Waals surface area contributed by atoms with E-state index in [4.69, 9.17) is 4.74 Å². The van der Waals surface area contributed by atoms with Gasteiger partial charge in [-0.25, -0.2) is 4.79 Å². The molecule has 1 aromatic carbocycles. The number of nitrogens with one attached hydrogen (secondary N) is 1. The number of benzene rings is 1. The van der Waals surface area contributed by atoms with Gasteiger partial charge in [-0.3, -0.25) is 4.79 Å². The number of carbonyl (C=O) groups excluding carboxylic acids is 2. The van der Waals surface area contributed by atoms with Crippen LogP contribution >= 0.6 is 0 Å². The van der Waals surface area contributed by atoms with Crippen LogP contribution in [0.1, 0.15) is 15.9 Å². The minimum absolute atomic E-state index is 0.0565. The third-order valence-corrected chi connectivity index (χ3v) is 2.92. The molecule has 1 aliphatic rings. The predicted molar refractivity (Wildman–Crippen MR) is 67.0 cm³/mol. The maximum Gasteiger partial charge on any atom is 0.317 e. The molecule has 0 radical (unpaired) electrons. The van der Waals surface area contributed by atoms with Crippen LogP contribution in [0.25, 0.3) is 0 Å². The van der Waals surface area contributed by atoms with Gasteiger partial charge in [-0.05, 0) is 18.6 Å². The van der Waals surface area contributed by atoms with Crippen LogP contribution in [0.4, 0.5) is 4.79 Å². The van der Waals surface area contributed by atoms with Gasteiger partial charge in [-0.15, -0.1) is 0 Å². The molecule has 2 amide bonds. The number of ether oxygens (including phenoxy) is 1. The standard InChI is InChI=1S/C13H16N2O3/c1-10-3-2-4-11(9-16)12(10)18-8-7-15-6-5-14-13(15)17/h2-4,9H,5-8H2,1H3,(H,14,17). The van der Waals surface area contributed by atoms with Gasteiger partial charge in [0, 0.05) is 13.1 Å². The monoisotopic (exact) mass is 248 g/mol. The van der Waals surface area contributed by atoms with Crippen LogP contribution < -0.4 is 10.1 Å². The maximum atomic E-state index is 11.3. The molecule has 2 rings (SSSR count). The summed E-state index contributed by atoms with van der Waals surface area (Å²) in [6.45, 7) is 4.20. The molecule has 0 saturated carbocycles. The van der Waals surface area contributed by atoms with E-state index in [0.717, 1.165) is 11.8 Å². The first-order valence-corrected chi connectivity index (χ1v) is 5.92. The summed E-state index contributed by atoms with van der Waals surface area (Å²) in [5, 5.41) is 2.73. The molecule has 0 spiro atoms. The number of hydrogen-bond donors (Lipinski definition) is 1. The molecule has 5 heteroatoms. The van der Waals surface area contributed by atoms with Gasteiger partial charge in [0.15, 0.2) is 6.29 Å². The molecule has 96 valence electrons. The van der Waals surface area contributed by atoms with E-state index in [-0.39, 0.29) is 6.03 Å². The summed E-state index contributed by atoms with van der Waals surface area (Å²) in [5.41, 5.74) is 1.46. The van der Waals surface area contributed by atoms with Crippen molar-refractivity contribution in [2.24, 2.45) is 0 Å². The summed E-state index contributed by atoms with van der Waals surface area (Å²) >= 11 is 0.